The van der Waals surface area contributed by atoms with Gasteiger partial charge in [-0.1, -0.05) is 134 Å². The fourth-order valence-corrected chi connectivity index (χ4v) is 8.76. The maximum absolute atomic E-state index is 4.90. The van der Waals surface area contributed by atoms with Crippen LogP contribution in [0.25, 0.3) is 5.57 Å². The maximum Gasteiger partial charge on any atom is 0.0603 e. The van der Waals surface area contributed by atoms with Gasteiger partial charge in [0.05, 0.1) is 5.71 Å². The van der Waals surface area contributed by atoms with Crippen molar-refractivity contribution in [3.63, 3.8) is 0 Å². The molecule has 0 spiro atoms. The number of dihydropyridines is 1. The molecule has 246 valence electrons. The van der Waals surface area contributed by atoms with E-state index in [9.17, 15) is 0 Å². The van der Waals surface area contributed by atoms with E-state index in [2.05, 4.69) is 136 Å². The number of allylic oxidation sites excluding steroid dienone is 21. The van der Waals surface area contributed by atoms with Crippen molar-refractivity contribution in [2.45, 2.75) is 78.6 Å². The minimum Gasteiger partial charge on any atom is -0.285 e. The molecule has 0 N–H and O–H groups in total. The Morgan fingerprint density at radius 3 is 2.54 bits per heavy atom. The molecule has 1 aliphatic heterocycles. The predicted molar refractivity (Wildman–Crippen MR) is 207 cm³/mol. The van der Waals surface area contributed by atoms with Crippen LogP contribution in [-0.4, -0.2) is 12.3 Å². The van der Waals surface area contributed by atoms with Crippen LogP contribution in [0.2, 0.25) is 0 Å². The molecule has 0 fully saturated rings. The summed E-state index contributed by atoms with van der Waals surface area (Å²) in [6, 6.07) is 9.03. The lowest BCUT2D eigenvalue weighted by Gasteiger charge is -2.35. The highest BCUT2D eigenvalue weighted by Crippen LogP contribution is 2.45. The summed E-state index contributed by atoms with van der Waals surface area (Å²) in [6.45, 7) is 8.03. The van der Waals surface area contributed by atoms with Gasteiger partial charge in [-0.15, -0.1) is 0 Å². The van der Waals surface area contributed by atoms with E-state index in [1.54, 1.807) is 22.3 Å². The Hall–Kier alpha value is -3.97. The monoisotopic (exact) mass is 631 g/mol. The highest BCUT2D eigenvalue weighted by molar-refractivity contribution is 6.09. The molecule has 1 aromatic carbocycles. The van der Waals surface area contributed by atoms with Gasteiger partial charge in [0, 0.05) is 18.4 Å². The Bertz CT molecular complexity index is 1770. The van der Waals surface area contributed by atoms with E-state index in [4.69, 9.17) is 4.99 Å². The number of hydrogen-bond acceptors (Lipinski definition) is 1. The molecule has 1 heteroatoms. The standard InChI is InChI=1S/C47H53N/c1-4-35-16-9-10-22-45(35)39-19-13-17-36(27-39)41-29-42(37-18-14-20-40(28-37)47-23-11-12-26-48-47)31-43(30-41)38-25-24-34(3)46(32-38)44-21-8-6-5-7-15-33(44)2/h5-6,8-11,13-14,16-23,30-32,34,36-37,42,46H,4,7,12,15,24-29H2,1-3H3. The van der Waals surface area contributed by atoms with Crippen LogP contribution in [0.15, 0.2) is 154 Å². The number of hydrogen-bond donors (Lipinski definition) is 0. The molecule has 1 nitrogen and oxygen atoms in total. The van der Waals surface area contributed by atoms with Crippen LogP contribution in [-0.2, 0) is 6.42 Å². The summed E-state index contributed by atoms with van der Waals surface area (Å²) in [6.07, 6.45) is 46.1. The van der Waals surface area contributed by atoms with Crippen LogP contribution in [0, 0.1) is 29.6 Å². The van der Waals surface area contributed by atoms with Crippen molar-refractivity contribution in [2.75, 3.05) is 6.54 Å². The second-order valence-corrected chi connectivity index (χ2v) is 14.8. The van der Waals surface area contributed by atoms with Gasteiger partial charge in [-0.25, -0.2) is 0 Å². The molecule has 5 unspecified atom stereocenters. The molecule has 0 bridgehead atoms. The molecule has 1 heterocycles. The van der Waals surface area contributed by atoms with Crippen molar-refractivity contribution in [3.05, 3.63) is 160 Å². The van der Waals surface area contributed by atoms with Gasteiger partial charge in [0.15, 0.2) is 0 Å². The highest BCUT2D eigenvalue weighted by Gasteiger charge is 2.32. The maximum atomic E-state index is 4.90. The van der Waals surface area contributed by atoms with Crippen molar-refractivity contribution in [3.8, 4) is 0 Å². The molecule has 0 saturated carbocycles. The van der Waals surface area contributed by atoms with E-state index in [1.165, 1.54) is 46.4 Å². The number of rotatable bonds is 7. The Morgan fingerprint density at radius 2 is 1.67 bits per heavy atom. The van der Waals surface area contributed by atoms with Gasteiger partial charge in [-0.05, 0) is 128 Å². The number of aliphatic imine (C=N–C) groups is 1. The van der Waals surface area contributed by atoms with E-state index < -0.39 is 0 Å². The predicted octanol–water partition coefficient (Wildman–Crippen LogP) is 12.2. The lowest BCUT2D eigenvalue weighted by Crippen LogP contribution is -2.23. The van der Waals surface area contributed by atoms with E-state index >= 15 is 0 Å². The van der Waals surface area contributed by atoms with E-state index in [0.717, 1.165) is 51.5 Å². The van der Waals surface area contributed by atoms with E-state index in [0.29, 0.717) is 29.6 Å². The minimum absolute atomic E-state index is 0.429. The largest absolute Gasteiger partial charge is 0.285 e. The summed E-state index contributed by atoms with van der Waals surface area (Å²) in [4.78, 5) is 4.90. The summed E-state index contributed by atoms with van der Waals surface area (Å²) in [7, 11) is 0. The normalized spacial score (nSPS) is 28.9. The Balaban J connectivity index is 1.23. The quantitative estimate of drug-likeness (QED) is 0.284. The zero-order valence-corrected chi connectivity index (χ0v) is 29.4. The summed E-state index contributed by atoms with van der Waals surface area (Å²) in [5.41, 5.74) is 14.7. The van der Waals surface area contributed by atoms with Gasteiger partial charge < -0.3 is 0 Å². The van der Waals surface area contributed by atoms with E-state index in [1.807, 2.05) is 0 Å². The van der Waals surface area contributed by atoms with Crippen LogP contribution < -0.4 is 0 Å². The minimum atomic E-state index is 0.429. The summed E-state index contributed by atoms with van der Waals surface area (Å²) >= 11 is 0. The molecule has 6 aliphatic rings. The Kier molecular flexibility index (Phi) is 10.2. The van der Waals surface area contributed by atoms with Crippen molar-refractivity contribution < 1.29 is 0 Å². The second-order valence-electron chi connectivity index (χ2n) is 14.8. The third kappa shape index (κ3) is 7.21. The van der Waals surface area contributed by atoms with Crippen LogP contribution >= 0.6 is 0 Å². The first-order valence-electron chi connectivity index (χ1n) is 18.8. The molecular formula is C47H53N. The molecule has 5 aliphatic carbocycles. The van der Waals surface area contributed by atoms with Gasteiger partial charge in [-0.3, -0.25) is 4.99 Å². The fraction of sp³-hybridized carbons (Fsp3) is 0.383. The molecule has 0 radical (unpaired) electrons. The van der Waals surface area contributed by atoms with Crippen molar-refractivity contribution in [2.24, 2.45) is 34.6 Å². The highest BCUT2D eigenvalue weighted by atomic mass is 14.7. The molecule has 48 heavy (non-hydrogen) atoms. The first-order chi connectivity index (χ1) is 23.6. The van der Waals surface area contributed by atoms with Crippen molar-refractivity contribution >= 4 is 11.3 Å². The zero-order chi connectivity index (χ0) is 32.9. The molecule has 0 amide bonds. The topological polar surface area (TPSA) is 12.4 Å². The summed E-state index contributed by atoms with van der Waals surface area (Å²) in [5, 5.41) is 0. The lowest BCUT2D eigenvalue weighted by molar-refractivity contribution is 0.422. The van der Waals surface area contributed by atoms with Crippen LogP contribution in [0.1, 0.15) is 83.3 Å². The van der Waals surface area contributed by atoms with Crippen LogP contribution in [0.4, 0.5) is 0 Å². The first-order valence-corrected chi connectivity index (χ1v) is 18.8. The molecular weight excluding hydrogens is 579 g/mol. The number of aryl methyl sites for hydroxylation is 1. The van der Waals surface area contributed by atoms with E-state index in [-0.39, 0.29) is 0 Å². The first kappa shape index (κ1) is 32.6. The molecule has 1 aromatic rings. The average Bonchev–Trinajstić information content (AvgIpc) is 3.14. The lowest BCUT2D eigenvalue weighted by atomic mass is 9.69. The molecule has 0 aromatic heterocycles. The number of nitrogens with zero attached hydrogens (tertiary/aromatic N) is 1. The van der Waals surface area contributed by atoms with Gasteiger partial charge in [0.1, 0.15) is 0 Å². The Morgan fingerprint density at radius 1 is 0.792 bits per heavy atom. The van der Waals surface area contributed by atoms with Gasteiger partial charge in [0.25, 0.3) is 0 Å². The van der Waals surface area contributed by atoms with Crippen molar-refractivity contribution in [1.29, 1.82) is 0 Å². The van der Waals surface area contributed by atoms with Crippen LogP contribution in [0.5, 0.6) is 0 Å². The smallest absolute Gasteiger partial charge is 0.0603 e. The average molecular weight is 632 g/mol. The third-order valence-corrected chi connectivity index (χ3v) is 11.6. The molecule has 7 rings (SSSR count). The fourth-order valence-electron chi connectivity index (χ4n) is 8.76. The molecule has 5 atom stereocenters. The summed E-state index contributed by atoms with van der Waals surface area (Å²) < 4.78 is 0. The number of benzene rings is 1. The Labute approximate surface area is 290 Å². The summed E-state index contributed by atoms with van der Waals surface area (Å²) in [5.74, 6) is 2.52. The van der Waals surface area contributed by atoms with Gasteiger partial charge >= 0.3 is 0 Å². The van der Waals surface area contributed by atoms with Gasteiger partial charge in [0.2, 0.25) is 0 Å². The molecule has 0 saturated heterocycles. The van der Waals surface area contributed by atoms with Gasteiger partial charge in [-0.2, -0.15) is 0 Å². The zero-order valence-electron chi connectivity index (χ0n) is 29.4. The third-order valence-electron chi connectivity index (χ3n) is 11.6. The SMILES string of the molecule is CCc1ccccc1C1=CC=CC(C2=CC(C3=CC(C4=C(C)CCC=CC=C4)C(C)CC3)=CC(C3C=CC=C(C4=NCCC=C4)C3)C2)C1. The van der Waals surface area contributed by atoms with Crippen molar-refractivity contribution in [1.82, 2.24) is 0 Å². The second kappa shape index (κ2) is 15.1. The van der Waals surface area contributed by atoms with Crippen LogP contribution in [0.3, 0.4) is 0 Å².